The van der Waals surface area contributed by atoms with Gasteiger partial charge in [0.25, 0.3) is 5.91 Å². The zero-order valence-electron chi connectivity index (χ0n) is 16.0. The Morgan fingerprint density at radius 2 is 1.78 bits per heavy atom. The van der Waals surface area contributed by atoms with E-state index in [4.69, 9.17) is 9.47 Å². The lowest BCUT2D eigenvalue weighted by Crippen LogP contribution is -2.26. The second-order valence-electron chi connectivity index (χ2n) is 6.68. The molecule has 1 amide bonds. The Morgan fingerprint density at radius 3 is 2.41 bits per heavy atom. The van der Waals surface area contributed by atoms with Crippen LogP contribution in [-0.4, -0.2) is 38.2 Å². The number of nitrogens with zero attached hydrogens (tertiary/aromatic N) is 2. The highest BCUT2D eigenvalue weighted by atomic mass is 16.5. The van der Waals surface area contributed by atoms with Gasteiger partial charge in [-0.2, -0.15) is 0 Å². The van der Waals surface area contributed by atoms with E-state index in [1.54, 1.807) is 20.4 Å². The molecule has 6 nitrogen and oxygen atoms in total. The lowest BCUT2D eigenvalue weighted by Gasteiger charge is -2.21. The van der Waals surface area contributed by atoms with Crippen molar-refractivity contribution in [1.29, 1.82) is 0 Å². The first-order valence-electron chi connectivity index (χ1n) is 9.41. The van der Waals surface area contributed by atoms with Gasteiger partial charge in [0, 0.05) is 25.8 Å². The highest BCUT2D eigenvalue weighted by Crippen LogP contribution is 2.27. The molecule has 1 saturated heterocycles. The number of methoxy groups -OCH3 is 2. The van der Waals surface area contributed by atoms with Crippen molar-refractivity contribution in [1.82, 2.24) is 10.3 Å². The van der Waals surface area contributed by atoms with Crippen LogP contribution in [0.15, 0.2) is 36.5 Å². The van der Waals surface area contributed by atoms with Gasteiger partial charge in [-0.25, -0.2) is 4.98 Å². The number of carbonyl (C=O) groups is 1. The van der Waals surface area contributed by atoms with E-state index < -0.39 is 0 Å². The fourth-order valence-electron chi connectivity index (χ4n) is 3.28. The molecule has 144 valence electrons. The van der Waals surface area contributed by atoms with Crippen molar-refractivity contribution in [2.45, 2.75) is 32.2 Å². The molecule has 2 aromatic rings. The molecule has 2 heterocycles. The second-order valence-corrected chi connectivity index (χ2v) is 6.68. The van der Waals surface area contributed by atoms with Gasteiger partial charge in [0.1, 0.15) is 5.82 Å². The zero-order chi connectivity index (χ0) is 19.1. The van der Waals surface area contributed by atoms with Gasteiger partial charge in [0.05, 0.1) is 19.8 Å². The number of hydrogen-bond donors (Lipinski definition) is 1. The van der Waals surface area contributed by atoms with Gasteiger partial charge in [0.15, 0.2) is 11.5 Å². The summed E-state index contributed by atoms with van der Waals surface area (Å²) >= 11 is 0. The molecule has 0 spiro atoms. The number of ether oxygens (including phenoxy) is 2. The first-order valence-corrected chi connectivity index (χ1v) is 9.41. The lowest BCUT2D eigenvalue weighted by molar-refractivity contribution is 0.0950. The van der Waals surface area contributed by atoms with Gasteiger partial charge in [-0.15, -0.1) is 0 Å². The summed E-state index contributed by atoms with van der Waals surface area (Å²) in [6, 6.07) is 9.38. The van der Waals surface area contributed by atoms with Crippen molar-refractivity contribution in [2.24, 2.45) is 0 Å². The molecule has 3 rings (SSSR count). The van der Waals surface area contributed by atoms with Crippen molar-refractivity contribution >= 4 is 11.7 Å². The maximum absolute atomic E-state index is 12.4. The van der Waals surface area contributed by atoms with Gasteiger partial charge in [-0.05, 0) is 42.7 Å². The van der Waals surface area contributed by atoms with E-state index in [2.05, 4.69) is 15.2 Å². The van der Waals surface area contributed by atoms with Gasteiger partial charge in [-0.3, -0.25) is 4.79 Å². The Balaban J connectivity index is 1.59. The van der Waals surface area contributed by atoms with Crippen molar-refractivity contribution in [3.8, 4) is 11.5 Å². The third kappa shape index (κ3) is 4.90. The maximum atomic E-state index is 12.4. The highest BCUT2D eigenvalue weighted by molar-refractivity contribution is 5.94. The molecule has 1 N–H and O–H groups in total. The average Bonchev–Trinajstić information content (AvgIpc) is 3.01. The molecule has 0 saturated carbocycles. The molecular formula is C21H27N3O3. The molecular weight excluding hydrogens is 342 g/mol. The Labute approximate surface area is 160 Å². The van der Waals surface area contributed by atoms with Crippen LogP contribution in [0.3, 0.4) is 0 Å². The van der Waals surface area contributed by atoms with Crippen LogP contribution in [0, 0.1) is 0 Å². The number of benzene rings is 1. The second kappa shape index (κ2) is 9.26. The Morgan fingerprint density at radius 1 is 1.04 bits per heavy atom. The van der Waals surface area contributed by atoms with Crippen molar-refractivity contribution in [2.75, 3.05) is 32.2 Å². The van der Waals surface area contributed by atoms with Crippen LogP contribution < -0.4 is 19.7 Å². The van der Waals surface area contributed by atoms with Crippen LogP contribution in [0.4, 0.5) is 5.82 Å². The summed E-state index contributed by atoms with van der Waals surface area (Å²) in [7, 11) is 3.19. The van der Waals surface area contributed by atoms with Crippen LogP contribution in [0.25, 0.3) is 0 Å². The average molecular weight is 369 g/mol. The first kappa shape index (κ1) is 19.0. The predicted molar refractivity (Wildman–Crippen MR) is 106 cm³/mol. The highest BCUT2D eigenvalue weighted by Gasteiger charge is 2.13. The quantitative estimate of drug-likeness (QED) is 0.845. The van der Waals surface area contributed by atoms with Gasteiger partial charge in [0.2, 0.25) is 0 Å². The molecule has 1 aromatic carbocycles. The van der Waals surface area contributed by atoms with E-state index in [0.717, 1.165) is 24.5 Å². The van der Waals surface area contributed by atoms with E-state index in [0.29, 0.717) is 23.6 Å². The molecule has 0 unspecified atom stereocenters. The smallest absolute Gasteiger partial charge is 0.253 e. The number of hydrogen-bond acceptors (Lipinski definition) is 5. The van der Waals surface area contributed by atoms with E-state index in [1.165, 1.54) is 25.7 Å². The van der Waals surface area contributed by atoms with Crippen molar-refractivity contribution in [3.05, 3.63) is 47.7 Å². The molecule has 1 aliphatic rings. The molecule has 27 heavy (non-hydrogen) atoms. The molecule has 1 aliphatic heterocycles. The van der Waals surface area contributed by atoms with Crippen LogP contribution in [-0.2, 0) is 6.54 Å². The number of amides is 1. The minimum atomic E-state index is -0.139. The molecule has 0 radical (unpaired) electrons. The SMILES string of the molecule is COc1ccc(CNC(=O)c2ccc(N3CCCCCC3)nc2)cc1OC. The lowest BCUT2D eigenvalue weighted by atomic mass is 10.2. The Hall–Kier alpha value is -2.76. The summed E-state index contributed by atoms with van der Waals surface area (Å²) in [5, 5.41) is 2.92. The predicted octanol–water partition coefficient (Wildman–Crippen LogP) is 3.41. The first-order chi connectivity index (χ1) is 13.2. The summed E-state index contributed by atoms with van der Waals surface area (Å²) < 4.78 is 10.5. The fraction of sp³-hybridized carbons (Fsp3) is 0.429. The number of anilines is 1. The van der Waals surface area contributed by atoms with Crippen LogP contribution in [0.1, 0.15) is 41.6 Å². The minimum absolute atomic E-state index is 0.139. The van der Waals surface area contributed by atoms with E-state index in [-0.39, 0.29) is 5.91 Å². The summed E-state index contributed by atoms with van der Waals surface area (Å²) in [5.74, 6) is 2.13. The van der Waals surface area contributed by atoms with Gasteiger partial charge < -0.3 is 19.7 Å². The van der Waals surface area contributed by atoms with Crippen molar-refractivity contribution in [3.63, 3.8) is 0 Å². The number of carbonyl (C=O) groups excluding carboxylic acids is 1. The number of aromatic nitrogens is 1. The molecule has 0 bridgehead atoms. The van der Waals surface area contributed by atoms with Gasteiger partial charge >= 0.3 is 0 Å². The Kier molecular flexibility index (Phi) is 6.52. The number of pyridine rings is 1. The molecule has 1 fully saturated rings. The number of rotatable bonds is 6. The largest absolute Gasteiger partial charge is 0.493 e. The maximum Gasteiger partial charge on any atom is 0.253 e. The molecule has 0 atom stereocenters. The fourth-order valence-corrected chi connectivity index (χ4v) is 3.28. The third-order valence-electron chi connectivity index (χ3n) is 4.84. The summed E-state index contributed by atoms with van der Waals surface area (Å²) in [6.07, 6.45) is 6.63. The summed E-state index contributed by atoms with van der Waals surface area (Å²) in [5.41, 5.74) is 1.50. The van der Waals surface area contributed by atoms with Crippen LogP contribution in [0.2, 0.25) is 0 Å². The third-order valence-corrected chi connectivity index (χ3v) is 4.84. The van der Waals surface area contributed by atoms with Crippen LogP contribution in [0.5, 0.6) is 11.5 Å². The van der Waals surface area contributed by atoms with E-state index in [9.17, 15) is 4.79 Å². The van der Waals surface area contributed by atoms with Crippen molar-refractivity contribution < 1.29 is 14.3 Å². The van der Waals surface area contributed by atoms with Crippen LogP contribution >= 0.6 is 0 Å². The monoisotopic (exact) mass is 369 g/mol. The Bertz CT molecular complexity index is 754. The minimum Gasteiger partial charge on any atom is -0.493 e. The molecule has 0 aliphatic carbocycles. The topological polar surface area (TPSA) is 63.7 Å². The standard InChI is InChI=1S/C21H27N3O3/c1-26-18-9-7-16(13-19(18)27-2)14-23-21(25)17-8-10-20(22-15-17)24-11-5-3-4-6-12-24/h7-10,13,15H,3-6,11-12,14H2,1-2H3,(H,23,25). The number of nitrogens with one attached hydrogen (secondary N) is 1. The molecule has 1 aromatic heterocycles. The van der Waals surface area contributed by atoms with Gasteiger partial charge in [-0.1, -0.05) is 18.9 Å². The summed E-state index contributed by atoms with van der Waals surface area (Å²) in [6.45, 7) is 2.49. The van der Waals surface area contributed by atoms with E-state index in [1.807, 2.05) is 30.3 Å². The molecule has 6 heteroatoms. The van der Waals surface area contributed by atoms with E-state index >= 15 is 0 Å². The summed E-state index contributed by atoms with van der Waals surface area (Å²) in [4.78, 5) is 19.2. The zero-order valence-corrected chi connectivity index (χ0v) is 16.0. The normalized spacial score (nSPS) is 14.4.